The Morgan fingerprint density at radius 2 is 1.92 bits per heavy atom. The summed E-state index contributed by atoms with van der Waals surface area (Å²) < 4.78 is 5.32. The average Bonchev–Trinajstić information content (AvgIpc) is 3.08. The second-order valence-corrected chi connectivity index (χ2v) is 7.09. The molecule has 1 N–H and O–H groups in total. The predicted octanol–water partition coefficient (Wildman–Crippen LogP) is 2.55. The zero-order valence-electron chi connectivity index (χ0n) is 14.9. The van der Waals surface area contributed by atoms with Gasteiger partial charge in [0.2, 0.25) is 5.89 Å². The Morgan fingerprint density at radius 1 is 1.24 bits per heavy atom. The molecule has 2 heterocycles. The number of hydrogen-bond acceptors (Lipinski definition) is 5. The maximum atomic E-state index is 12.2. The van der Waals surface area contributed by atoms with Gasteiger partial charge >= 0.3 is 6.03 Å². The molecule has 7 heteroatoms. The molecule has 0 spiro atoms. The third-order valence-corrected chi connectivity index (χ3v) is 4.31. The van der Waals surface area contributed by atoms with E-state index in [-0.39, 0.29) is 18.4 Å². The number of benzene rings is 1. The van der Waals surface area contributed by atoms with Crippen LogP contribution in [0.3, 0.4) is 0 Å². The fourth-order valence-electron chi connectivity index (χ4n) is 2.80. The van der Waals surface area contributed by atoms with Gasteiger partial charge < -0.3 is 9.84 Å². The summed E-state index contributed by atoms with van der Waals surface area (Å²) in [5.41, 5.74) is 1.50. The fraction of sp³-hybridized carbons (Fsp3) is 0.444. The quantitative estimate of drug-likeness (QED) is 0.844. The van der Waals surface area contributed by atoms with E-state index in [0.717, 1.165) is 11.3 Å². The number of aromatic nitrogens is 2. The number of carbonyl (C=O) groups is 2. The van der Waals surface area contributed by atoms with Crippen LogP contribution in [0.25, 0.3) is 0 Å². The molecule has 0 saturated carbocycles. The van der Waals surface area contributed by atoms with Crippen LogP contribution < -0.4 is 5.32 Å². The van der Waals surface area contributed by atoms with Crippen molar-refractivity contribution in [2.45, 2.75) is 52.1 Å². The van der Waals surface area contributed by atoms with Gasteiger partial charge in [0.15, 0.2) is 5.82 Å². The van der Waals surface area contributed by atoms with E-state index in [0.29, 0.717) is 11.7 Å². The van der Waals surface area contributed by atoms with Crippen LogP contribution in [0, 0.1) is 6.92 Å². The van der Waals surface area contributed by atoms with E-state index in [2.05, 4.69) is 46.6 Å². The Kier molecular flexibility index (Phi) is 4.32. The monoisotopic (exact) mass is 342 g/mol. The van der Waals surface area contributed by atoms with Crippen LogP contribution in [0.5, 0.6) is 0 Å². The van der Waals surface area contributed by atoms with E-state index < -0.39 is 11.6 Å². The molecule has 0 radical (unpaired) electrons. The first-order valence-electron chi connectivity index (χ1n) is 8.28. The van der Waals surface area contributed by atoms with Crippen LogP contribution >= 0.6 is 0 Å². The van der Waals surface area contributed by atoms with Gasteiger partial charge in [-0.2, -0.15) is 4.98 Å². The second kappa shape index (κ2) is 6.31. The summed E-state index contributed by atoms with van der Waals surface area (Å²) in [7, 11) is 0. The maximum Gasteiger partial charge on any atom is 0.325 e. The molecule has 1 fully saturated rings. The van der Waals surface area contributed by atoms with Gasteiger partial charge in [0.25, 0.3) is 5.91 Å². The lowest BCUT2D eigenvalue weighted by Gasteiger charge is -2.14. The van der Waals surface area contributed by atoms with E-state index in [9.17, 15) is 9.59 Å². The molecule has 1 aliphatic heterocycles. The van der Waals surface area contributed by atoms with Crippen molar-refractivity contribution in [2.75, 3.05) is 0 Å². The van der Waals surface area contributed by atoms with Gasteiger partial charge in [-0.25, -0.2) is 4.79 Å². The smallest absolute Gasteiger partial charge is 0.325 e. The van der Waals surface area contributed by atoms with E-state index in [1.807, 2.05) is 6.92 Å². The number of imide groups is 1. The molecule has 1 aliphatic rings. The minimum absolute atomic E-state index is 0.00878. The highest BCUT2D eigenvalue weighted by Gasteiger charge is 2.44. The lowest BCUT2D eigenvalue weighted by molar-refractivity contribution is -0.130. The molecule has 1 saturated heterocycles. The van der Waals surface area contributed by atoms with Gasteiger partial charge in [-0.1, -0.05) is 41.9 Å². The van der Waals surface area contributed by atoms with Gasteiger partial charge in [-0.05, 0) is 32.8 Å². The average molecular weight is 342 g/mol. The topological polar surface area (TPSA) is 88.3 Å². The van der Waals surface area contributed by atoms with Gasteiger partial charge in [-0.15, -0.1) is 0 Å². The molecule has 0 unspecified atom stereocenters. The lowest BCUT2D eigenvalue weighted by atomic mass is 10.0. The van der Waals surface area contributed by atoms with Crippen molar-refractivity contribution in [3.05, 3.63) is 47.1 Å². The van der Waals surface area contributed by atoms with Crippen molar-refractivity contribution in [3.8, 4) is 0 Å². The van der Waals surface area contributed by atoms with E-state index in [4.69, 9.17) is 4.52 Å². The summed E-state index contributed by atoms with van der Waals surface area (Å²) in [4.78, 5) is 29.6. The summed E-state index contributed by atoms with van der Waals surface area (Å²) in [5, 5.41) is 6.54. The summed E-state index contributed by atoms with van der Waals surface area (Å²) in [6.07, 6.45) is 0.776. The Morgan fingerprint density at radius 3 is 2.52 bits per heavy atom. The summed E-state index contributed by atoms with van der Waals surface area (Å²) >= 11 is 0. The minimum Gasteiger partial charge on any atom is -0.339 e. The third kappa shape index (κ3) is 3.55. The second-order valence-electron chi connectivity index (χ2n) is 7.09. The van der Waals surface area contributed by atoms with Crippen LogP contribution in [0.15, 0.2) is 28.8 Å². The van der Waals surface area contributed by atoms with Crippen LogP contribution in [0.2, 0.25) is 0 Å². The number of nitrogens with one attached hydrogen (secondary N) is 1. The summed E-state index contributed by atoms with van der Waals surface area (Å²) in [5.74, 6) is 0.578. The SMILES string of the molecule is Cc1ccc(C[C@@H](C)c2nc(CN3C(=O)NC(C)(C)C3=O)no2)cc1. The first kappa shape index (κ1) is 17.1. The number of nitrogens with zero attached hydrogens (tertiary/aromatic N) is 3. The molecule has 0 aliphatic carbocycles. The van der Waals surface area contributed by atoms with Crippen molar-refractivity contribution < 1.29 is 14.1 Å². The van der Waals surface area contributed by atoms with Crippen LogP contribution in [0.1, 0.15) is 49.5 Å². The highest BCUT2D eigenvalue weighted by Crippen LogP contribution is 2.21. The molecular weight excluding hydrogens is 320 g/mol. The number of hydrogen-bond donors (Lipinski definition) is 1. The predicted molar refractivity (Wildman–Crippen MR) is 90.8 cm³/mol. The van der Waals surface area contributed by atoms with Gasteiger partial charge in [0.05, 0.1) is 6.54 Å². The van der Waals surface area contributed by atoms with Crippen molar-refractivity contribution in [1.29, 1.82) is 0 Å². The molecule has 132 valence electrons. The van der Waals surface area contributed by atoms with Gasteiger partial charge in [-0.3, -0.25) is 9.69 Å². The Balaban J connectivity index is 1.67. The van der Waals surface area contributed by atoms with Crippen LogP contribution in [0.4, 0.5) is 4.79 Å². The molecule has 0 bridgehead atoms. The lowest BCUT2D eigenvalue weighted by Crippen LogP contribution is -2.40. The molecule has 3 rings (SSSR count). The van der Waals surface area contributed by atoms with Crippen molar-refractivity contribution >= 4 is 11.9 Å². The van der Waals surface area contributed by atoms with Crippen molar-refractivity contribution in [2.24, 2.45) is 0 Å². The zero-order valence-corrected chi connectivity index (χ0v) is 14.9. The molecule has 1 atom stereocenters. The maximum absolute atomic E-state index is 12.2. The number of aryl methyl sites for hydroxylation is 1. The van der Waals surface area contributed by atoms with Crippen molar-refractivity contribution in [1.82, 2.24) is 20.4 Å². The number of rotatable bonds is 5. The number of carbonyl (C=O) groups excluding carboxylic acids is 2. The highest BCUT2D eigenvalue weighted by atomic mass is 16.5. The molecule has 1 aromatic heterocycles. The summed E-state index contributed by atoms with van der Waals surface area (Å²) in [6, 6.07) is 7.87. The largest absolute Gasteiger partial charge is 0.339 e. The van der Waals surface area contributed by atoms with Gasteiger partial charge in [0.1, 0.15) is 5.54 Å². The highest BCUT2D eigenvalue weighted by molar-refractivity contribution is 6.06. The first-order valence-corrected chi connectivity index (χ1v) is 8.28. The normalized spacial score (nSPS) is 17.7. The Bertz CT molecular complexity index is 795. The number of amides is 3. The van der Waals surface area contributed by atoms with Crippen LogP contribution in [-0.2, 0) is 17.8 Å². The van der Waals surface area contributed by atoms with Crippen molar-refractivity contribution in [3.63, 3.8) is 0 Å². The minimum atomic E-state index is -0.900. The standard InChI is InChI=1S/C18H22N4O3/c1-11-5-7-13(8-6-11)9-12(2)15-19-14(21-25-15)10-22-16(23)18(3,4)20-17(22)24/h5-8,12H,9-10H2,1-4H3,(H,20,24)/t12-/m1/s1. The Labute approximate surface area is 146 Å². The molecule has 2 aromatic rings. The molecular formula is C18H22N4O3. The molecule has 3 amide bonds. The number of urea groups is 1. The third-order valence-electron chi connectivity index (χ3n) is 4.31. The molecule has 25 heavy (non-hydrogen) atoms. The van der Waals surface area contributed by atoms with E-state index >= 15 is 0 Å². The fourth-order valence-corrected chi connectivity index (χ4v) is 2.80. The first-order chi connectivity index (χ1) is 11.8. The Hall–Kier alpha value is -2.70. The zero-order chi connectivity index (χ0) is 18.2. The van der Waals surface area contributed by atoms with Crippen LogP contribution in [-0.4, -0.2) is 32.5 Å². The molecule has 7 nitrogen and oxygen atoms in total. The van der Waals surface area contributed by atoms with E-state index in [1.54, 1.807) is 13.8 Å². The van der Waals surface area contributed by atoms with E-state index in [1.165, 1.54) is 11.1 Å². The molecule has 1 aromatic carbocycles. The summed E-state index contributed by atoms with van der Waals surface area (Å²) in [6.45, 7) is 7.40. The van der Waals surface area contributed by atoms with Gasteiger partial charge in [0, 0.05) is 5.92 Å².